The maximum atomic E-state index is 10.0. The smallest absolute Gasteiger partial charge is 0.108 e. The van der Waals surface area contributed by atoms with Gasteiger partial charge in [-0.25, -0.2) is 0 Å². The van der Waals surface area contributed by atoms with E-state index in [1.54, 1.807) is 7.11 Å². The van der Waals surface area contributed by atoms with Gasteiger partial charge in [0.1, 0.15) is 6.10 Å². The lowest BCUT2D eigenvalue weighted by molar-refractivity contribution is -0.0170. The van der Waals surface area contributed by atoms with Gasteiger partial charge in [0.15, 0.2) is 0 Å². The molecule has 0 heterocycles. The summed E-state index contributed by atoms with van der Waals surface area (Å²) in [5.41, 5.74) is 2.10. The predicted molar refractivity (Wildman–Crippen MR) is 66.2 cm³/mol. The van der Waals surface area contributed by atoms with E-state index in [9.17, 15) is 5.11 Å². The molecular formula is C14H20O2. The summed E-state index contributed by atoms with van der Waals surface area (Å²) in [7, 11) is 1.63. The summed E-state index contributed by atoms with van der Waals surface area (Å²) in [4.78, 5) is 0. The molecule has 0 radical (unpaired) electrons. The first kappa shape index (κ1) is 12.9. The monoisotopic (exact) mass is 220 g/mol. The Morgan fingerprint density at radius 3 is 2.50 bits per heavy atom. The second-order valence-electron chi connectivity index (χ2n) is 4.13. The Kier molecular flexibility index (Phi) is 5.23. The van der Waals surface area contributed by atoms with E-state index >= 15 is 0 Å². The summed E-state index contributed by atoms with van der Waals surface area (Å²) in [5.74, 6) is 0. The summed E-state index contributed by atoms with van der Waals surface area (Å²) in [6.07, 6.45) is 0.779. The standard InChI is InChI=1S/C14H20O2/c1-11(2)9-10-13(15)14(16-3)12-7-5-4-6-8-12/h4-8,13-15H,1,9-10H2,2-3H3. The molecule has 2 nitrogen and oxygen atoms in total. The number of hydrogen-bond donors (Lipinski definition) is 1. The molecule has 0 spiro atoms. The van der Waals surface area contributed by atoms with E-state index in [2.05, 4.69) is 6.58 Å². The molecule has 1 rings (SSSR count). The lowest BCUT2D eigenvalue weighted by Gasteiger charge is -2.22. The molecule has 2 unspecified atom stereocenters. The molecule has 0 aliphatic heterocycles. The van der Waals surface area contributed by atoms with Crippen LogP contribution in [-0.4, -0.2) is 18.3 Å². The van der Waals surface area contributed by atoms with E-state index < -0.39 is 6.10 Å². The van der Waals surface area contributed by atoms with Gasteiger partial charge in [0.05, 0.1) is 6.10 Å². The van der Waals surface area contributed by atoms with Crippen molar-refractivity contribution in [2.24, 2.45) is 0 Å². The van der Waals surface area contributed by atoms with Gasteiger partial charge >= 0.3 is 0 Å². The van der Waals surface area contributed by atoms with Gasteiger partial charge in [-0.15, -0.1) is 6.58 Å². The fraction of sp³-hybridized carbons (Fsp3) is 0.429. The van der Waals surface area contributed by atoms with Crippen LogP contribution in [0.3, 0.4) is 0 Å². The van der Waals surface area contributed by atoms with Crippen LogP contribution in [0, 0.1) is 0 Å². The highest BCUT2D eigenvalue weighted by molar-refractivity contribution is 5.18. The molecular weight excluding hydrogens is 200 g/mol. The molecule has 1 aromatic carbocycles. The van der Waals surface area contributed by atoms with Crippen molar-refractivity contribution in [2.45, 2.75) is 32.0 Å². The van der Waals surface area contributed by atoms with Crippen molar-refractivity contribution < 1.29 is 9.84 Å². The number of aliphatic hydroxyl groups excluding tert-OH is 1. The van der Waals surface area contributed by atoms with Crippen molar-refractivity contribution >= 4 is 0 Å². The first-order valence-corrected chi connectivity index (χ1v) is 5.55. The van der Waals surface area contributed by atoms with Crippen LogP contribution >= 0.6 is 0 Å². The fourth-order valence-electron chi connectivity index (χ4n) is 1.70. The third kappa shape index (κ3) is 3.80. The molecule has 1 N–H and O–H groups in total. The van der Waals surface area contributed by atoms with E-state index in [1.165, 1.54) is 0 Å². The molecule has 1 aromatic rings. The van der Waals surface area contributed by atoms with Crippen molar-refractivity contribution in [3.8, 4) is 0 Å². The normalized spacial score (nSPS) is 14.4. The first-order valence-electron chi connectivity index (χ1n) is 5.55. The van der Waals surface area contributed by atoms with Gasteiger partial charge in [-0.3, -0.25) is 0 Å². The second kappa shape index (κ2) is 6.46. The minimum absolute atomic E-state index is 0.249. The van der Waals surface area contributed by atoms with Crippen LogP contribution in [0.25, 0.3) is 0 Å². The molecule has 2 heteroatoms. The lowest BCUT2D eigenvalue weighted by atomic mass is 9.99. The maximum Gasteiger partial charge on any atom is 0.108 e. The molecule has 0 bridgehead atoms. The molecule has 0 amide bonds. The van der Waals surface area contributed by atoms with Crippen molar-refractivity contribution in [1.82, 2.24) is 0 Å². The van der Waals surface area contributed by atoms with Crippen LogP contribution in [-0.2, 0) is 4.74 Å². The molecule has 0 aromatic heterocycles. The molecule has 0 fully saturated rings. The number of aliphatic hydroxyl groups is 1. The van der Waals surface area contributed by atoms with E-state index in [0.29, 0.717) is 6.42 Å². The molecule has 0 aliphatic carbocycles. The van der Waals surface area contributed by atoms with Crippen LogP contribution < -0.4 is 0 Å². The van der Waals surface area contributed by atoms with Gasteiger partial charge in [-0.2, -0.15) is 0 Å². The van der Waals surface area contributed by atoms with E-state index in [4.69, 9.17) is 4.74 Å². The Balaban J connectivity index is 2.63. The van der Waals surface area contributed by atoms with Crippen LogP contribution in [0.5, 0.6) is 0 Å². The molecule has 0 saturated heterocycles. The van der Waals surface area contributed by atoms with Crippen molar-refractivity contribution in [2.75, 3.05) is 7.11 Å². The minimum Gasteiger partial charge on any atom is -0.390 e. The van der Waals surface area contributed by atoms with E-state index in [0.717, 1.165) is 17.6 Å². The number of benzene rings is 1. The summed E-state index contributed by atoms with van der Waals surface area (Å²) < 4.78 is 5.35. The van der Waals surface area contributed by atoms with Crippen LogP contribution in [0.2, 0.25) is 0 Å². The molecule has 0 saturated carbocycles. The highest BCUT2D eigenvalue weighted by Crippen LogP contribution is 2.23. The largest absolute Gasteiger partial charge is 0.390 e. The third-order valence-corrected chi connectivity index (χ3v) is 2.60. The molecule has 2 atom stereocenters. The number of rotatable bonds is 6. The molecule has 88 valence electrons. The summed E-state index contributed by atoms with van der Waals surface area (Å²) in [5, 5.41) is 10.0. The van der Waals surface area contributed by atoms with Crippen LogP contribution in [0.15, 0.2) is 42.5 Å². The van der Waals surface area contributed by atoms with Gasteiger partial charge in [-0.05, 0) is 25.3 Å². The average molecular weight is 220 g/mol. The van der Waals surface area contributed by atoms with Gasteiger partial charge in [0.25, 0.3) is 0 Å². The SMILES string of the molecule is C=C(C)CCC(O)C(OC)c1ccccc1. The summed E-state index contributed by atoms with van der Waals surface area (Å²) >= 11 is 0. The number of hydrogen-bond acceptors (Lipinski definition) is 2. The van der Waals surface area contributed by atoms with Gasteiger partial charge in [0.2, 0.25) is 0 Å². The Morgan fingerprint density at radius 1 is 1.38 bits per heavy atom. The zero-order valence-corrected chi connectivity index (χ0v) is 10.0. The van der Waals surface area contributed by atoms with Crippen molar-refractivity contribution in [1.29, 1.82) is 0 Å². The molecule has 0 aliphatic rings. The minimum atomic E-state index is -0.482. The average Bonchev–Trinajstić information content (AvgIpc) is 2.29. The Labute approximate surface area is 97.6 Å². The Morgan fingerprint density at radius 2 is 2.00 bits per heavy atom. The number of methoxy groups -OCH3 is 1. The zero-order chi connectivity index (χ0) is 12.0. The fourth-order valence-corrected chi connectivity index (χ4v) is 1.70. The lowest BCUT2D eigenvalue weighted by Crippen LogP contribution is -2.20. The number of allylic oxidation sites excluding steroid dienone is 1. The van der Waals surface area contributed by atoms with Crippen LogP contribution in [0.4, 0.5) is 0 Å². The van der Waals surface area contributed by atoms with Crippen molar-refractivity contribution in [3.63, 3.8) is 0 Å². The van der Waals surface area contributed by atoms with Crippen molar-refractivity contribution in [3.05, 3.63) is 48.0 Å². The predicted octanol–water partition coefficient (Wildman–Crippen LogP) is 3.09. The summed E-state index contributed by atoms with van der Waals surface area (Å²) in [6.45, 7) is 5.80. The van der Waals surface area contributed by atoms with E-state index in [-0.39, 0.29) is 6.10 Å². The Hall–Kier alpha value is -1.12. The topological polar surface area (TPSA) is 29.5 Å². The van der Waals surface area contributed by atoms with Crippen LogP contribution in [0.1, 0.15) is 31.4 Å². The quantitative estimate of drug-likeness (QED) is 0.746. The summed E-state index contributed by atoms with van der Waals surface area (Å²) in [6, 6.07) is 9.80. The van der Waals surface area contributed by atoms with E-state index in [1.807, 2.05) is 37.3 Å². The van der Waals surface area contributed by atoms with Gasteiger partial charge in [0, 0.05) is 7.11 Å². The highest BCUT2D eigenvalue weighted by Gasteiger charge is 2.19. The highest BCUT2D eigenvalue weighted by atomic mass is 16.5. The maximum absolute atomic E-state index is 10.0. The third-order valence-electron chi connectivity index (χ3n) is 2.60. The second-order valence-corrected chi connectivity index (χ2v) is 4.13. The first-order chi connectivity index (χ1) is 7.65. The number of ether oxygens (including phenoxy) is 1. The zero-order valence-electron chi connectivity index (χ0n) is 10.0. The van der Waals surface area contributed by atoms with Gasteiger partial charge in [-0.1, -0.05) is 35.9 Å². The Bertz CT molecular complexity index is 319. The molecule has 16 heavy (non-hydrogen) atoms. The van der Waals surface area contributed by atoms with Gasteiger partial charge < -0.3 is 9.84 Å².